The number of hydrogen-bond acceptors (Lipinski definition) is 3. The van der Waals surface area contributed by atoms with Crippen LogP contribution in [0.1, 0.15) is 0 Å². The van der Waals surface area contributed by atoms with Crippen LogP contribution in [0.3, 0.4) is 0 Å². The van der Waals surface area contributed by atoms with Gasteiger partial charge in [0.25, 0.3) is 0 Å². The molecule has 3 nitrogen and oxygen atoms in total. The van der Waals surface area contributed by atoms with Gasteiger partial charge in [-0.25, -0.2) is 4.39 Å². The van der Waals surface area contributed by atoms with E-state index >= 15 is 0 Å². The normalized spacial score (nSPS) is 11.1. The van der Waals surface area contributed by atoms with E-state index in [0.29, 0.717) is 10.5 Å². The Morgan fingerprint density at radius 1 is 0.793 bits per heavy atom. The quantitative estimate of drug-likeness (QED) is 0.184. The Labute approximate surface area is 193 Å². The molecule has 0 saturated carbocycles. The van der Waals surface area contributed by atoms with Gasteiger partial charge >= 0.3 is 45.2 Å². The van der Waals surface area contributed by atoms with Gasteiger partial charge in [-0.05, 0) is 22.8 Å². The summed E-state index contributed by atoms with van der Waals surface area (Å²) in [4.78, 5) is 0.364. The summed E-state index contributed by atoms with van der Waals surface area (Å²) < 4.78 is 72.1. The molecule has 150 valence electrons. The SMILES string of the molecule is Fc1c(S)ccc(-c2ccccc2)c1-c1ccccc1.O=S(=O)(O)C(F)(F)F.[NaH]. The molecule has 10 heteroatoms. The van der Waals surface area contributed by atoms with Crippen LogP contribution in [0.15, 0.2) is 77.7 Å². The molecular weight excluding hydrogens is 439 g/mol. The molecule has 0 aromatic heterocycles. The van der Waals surface area contributed by atoms with Gasteiger partial charge in [-0.2, -0.15) is 21.6 Å². The van der Waals surface area contributed by atoms with Crippen molar-refractivity contribution in [3.63, 3.8) is 0 Å². The van der Waals surface area contributed by atoms with Crippen molar-refractivity contribution >= 4 is 52.3 Å². The zero-order valence-electron chi connectivity index (χ0n) is 14.1. The van der Waals surface area contributed by atoms with Crippen LogP contribution in [0.5, 0.6) is 0 Å². The third-order valence-electron chi connectivity index (χ3n) is 3.56. The molecule has 29 heavy (non-hydrogen) atoms. The van der Waals surface area contributed by atoms with Crippen molar-refractivity contribution in [2.45, 2.75) is 10.4 Å². The van der Waals surface area contributed by atoms with Gasteiger partial charge in [0.2, 0.25) is 0 Å². The molecular formula is C19H15F4NaO3S2. The first-order valence-corrected chi connectivity index (χ1v) is 9.57. The van der Waals surface area contributed by atoms with Crippen LogP contribution in [0.2, 0.25) is 0 Å². The van der Waals surface area contributed by atoms with Crippen LogP contribution >= 0.6 is 12.6 Å². The Kier molecular flexibility index (Phi) is 9.39. The molecule has 0 saturated heterocycles. The van der Waals surface area contributed by atoms with Gasteiger partial charge in [0.05, 0.1) is 0 Å². The summed E-state index contributed by atoms with van der Waals surface area (Å²) >= 11 is 4.20. The first-order valence-electron chi connectivity index (χ1n) is 7.68. The number of halogens is 4. The molecule has 0 aliphatic rings. The molecule has 0 amide bonds. The van der Waals surface area contributed by atoms with Crippen molar-refractivity contribution in [2.24, 2.45) is 0 Å². The molecule has 0 spiro atoms. The summed E-state index contributed by atoms with van der Waals surface area (Å²) in [6, 6.07) is 23.0. The zero-order chi connectivity index (χ0) is 20.9. The molecule has 3 aromatic carbocycles. The molecule has 3 aromatic rings. The van der Waals surface area contributed by atoms with Crippen LogP contribution in [-0.4, -0.2) is 48.0 Å². The standard InChI is InChI=1S/C18H13FS.CHF3O3S.Na.H/c19-18-16(20)12-11-15(13-7-3-1-4-8-13)17(18)14-9-5-2-6-10-14;2-1(3,4)8(5,6)7;;/h1-12,20H;(H,5,6,7);;. The Balaban J connectivity index is 0.000000403. The van der Waals surface area contributed by atoms with E-state index in [1.807, 2.05) is 66.7 Å². The molecule has 0 atom stereocenters. The van der Waals surface area contributed by atoms with Crippen LogP contribution in [-0.2, 0) is 10.1 Å². The Morgan fingerprint density at radius 2 is 1.21 bits per heavy atom. The number of thiol groups is 1. The third-order valence-corrected chi connectivity index (χ3v) is 4.49. The van der Waals surface area contributed by atoms with Crippen molar-refractivity contribution < 1.29 is 30.5 Å². The summed E-state index contributed by atoms with van der Waals surface area (Å²) in [6.45, 7) is 0. The second-order valence-corrected chi connectivity index (χ2v) is 7.37. The first kappa shape index (κ1) is 25.7. The second kappa shape index (κ2) is 10.6. The van der Waals surface area contributed by atoms with Gasteiger partial charge in [-0.15, -0.1) is 12.6 Å². The van der Waals surface area contributed by atoms with Crippen LogP contribution in [0.4, 0.5) is 17.6 Å². The molecule has 0 heterocycles. The van der Waals surface area contributed by atoms with Crippen LogP contribution < -0.4 is 0 Å². The monoisotopic (exact) mass is 454 g/mol. The van der Waals surface area contributed by atoms with E-state index in [1.165, 1.54) is 0 Å². The second-order valence-electron chi connectivity index (χ2n) is 5.47. The molecule has 0 unspecified atom stereocenters. The topological polar surface area (TPSA) is 54.4 Å². The molecule has 0 fully saturated rings. The number of rotatable bonds is 2. The number of alkyl halides is 3. The van der Waals surface area contributed by atoms with Crippen LogP contribution in [0.25, 0.3) is 22.3 Å². The Morgan fingerprint density at radius 3 is 1.62 bits per heavy atom. The number of benzene rings is 3. The van der Waals surface area contributed by atoms with Gasteiger partial charge < -0.3 is 0 Å². The first-order chi connectivity index (χ1) is 13.0. The average molecular weight is 454 g/mol. The zero-order valence-corrected chi connectivity index (χ0v) is 15.8. The van der Waals surface area contributed by atoms with Crippen LogP contribution in [0, 0.1) is 5.82 Å². The summed E-state index contributed by atoms with van der Waals surface area (Å²) in [6.07, 6.45) is 0. The van der Waals surface area contributed by atoms with E-state index < -0.39 is 15.6 Å². The molecule has 3 rings (SSSR count). The van der Waals surface area contributed by atoms with Gasteiger partial charge in [-0.1, -0.05) is 66.7 Å². The van der Waals surface area contributed by atoms with Gasteiger partial charge in [0.15, 0.2) is 0 Å². The summed E-state index contributed by atoms with van der Waals surface area (Å²) in [5, 5.41) is 0. The number of hydrogen-bond donors (Lipinski definition) is 2. The third kappa shape index (κ3) is 6.84. The van der Waals surface area contributed by atoms with Gasteiger partial charge in [0.1, 0.15) is 5.82 Å². The summed E-state index contributed by atoms with van der Waals surface area (Å²) in [5.41, 5.74) is -2.19. The predicted octanol–water partition coefficient (Wildman–Crippen LogP) is 5.19. The maximum atomic E-state index is 14.6. The molecule has 1 N–H and O–H groups in total. The Hall–Kier alpha value is -1.36. The fourth-order valence-electron chi connectivity index (χ4n) is 2.31. The molecule has 0 aliphatic carbocycles. The Bertz CT molecular complexity index is 1040. The fourth-order valence-corrected chi connectivity index (χ4v) is 2.50. The predicted molar refractivity (Wildman–Crippen MR) is 109 cm³/mol. The van der Waals surface area contributed by atoms with E-state index in [4.69, 9.17) is 13.0 Å². The van der Waals surface area contributed by atoms with Crippen molar-refractivity contribution in [3.8, 4) is 22.3 Å². The minimum atomic E-state index is -5.84. The van der Waals surface area contributed by atoms with Gasteiger partial charge in [-0.3, -0.25) is 4.55 Å². The molecule has 0 aliphatic heterocycles. The molecule has 0 bridgehead atoms. The average Bonchev–Trinajstić information content (AvgIpc) is 2.64. The minimum absolute atomic E-state index is 0. The summed E-state index contributed by atoms with van der Waals surface area (Å²) in [7, 11) is -5.84. The van der Waals surface area contributed by atoms with Crippen molar-refractivity contribution in [3.05, 3.63) is 78.6 Å². The van der Waals surface area contributed by atoms with Crippen molar-refractivity contribution in [1.82, 2.24) is 0 Å². The van der Waals surface area contributed by atoms with Crippen molar-refractivity contribution in [2.75, 3.05) is 0 Å². The maximum absolute atomic E-state index is 14.6. The van der Waals surface area contributed by atoms with E-state index in [-0.39, 0.29) is 35.4 Å². The van der Waals surface area contributed by atoms with E-state index in [0.717, 1.165) is 16.7 Å². The van der Waals surface area contributed by atoms with E-state index in [9.17, 15) is 17.6 Å². The fraction of sp³-hybridized carbons (Fsp3) is 0.0526. The van der Waals surface area contributed by atoms with E-state index in [2.05, 4.69) is 12.6 Å². The molecule has 0 radical (unpaired) electrons. The van der Waals surface area contributed by atoms with Gasteiger partial charge in [0, 0.05) is 10.5 Å². The summed E-state index contributed by atoms with van der Waals surface area (Å²) in [5.74, 6) is -0.277. The van der Waals surface area contributed by atoms with E-state index in [1.54, 1.807) is 6.07 Å². The van der Waals surface area contributed by atoms with Crippen molar-refractivity contribution in [1.29, 1.82) is 0 Å².